The van der Waals surface area contributed by atoms with Crippen molar-refractivity contribution in [2.75, 3.05) is 12.4 Å². The number of rotatable bonds is 3. The van der Waals surface area contributed by atoms with Crippen molar-refractivity contribution < 1.29 is 9.53 Å². The van der Waals surface area contributed by atoms with Gasteiger partial charge in [0.15, 0.2) is 0 Å². The Kier molecular flexibility index (Phi) is 4.29. The molecule has 0 aliphatic heterocycles. The zero-order valence-electron chi connectivity index (χ0n) is 9.00. The van der Waals surface area contributed by atoms with E-state index < -0.39 is 0 Å². The van der Waals surface area contributed by atoms with Gasteiger partial charge in [0.05, 0.1) is 22.9 Å². The monoisotopic (exact) mass is 238 g/mol. The minimum Gasteiger partial charge on any atom is -0.380 e. The van der Waals surface area contributed by atoms with Crippen LogP contribution in [0.25, 0.3) is 0 Å². The van der Waals surface area contributed by atoms with Crippen LogP contribution in [0.15, 0.2) is 12.1 Å². The zero-order chi connectivity index (χ0) is 12.1. The molecule has 84 valence electrons. The summed E-state index contributed by atoms with van der Waals surface area (Å²) in [5, 5.41) is 11.9. The molecule has 1 amide bonds. The molecule has 1 rings (SSSR count). The molecule has 0 aliphatic carbocycles. The number of anilines is 1. The Labute approximate surface area is 98.8 Å². The molecule has 16 heavy (non-hydrogen) atoms. The molecule has 0 atom stereocenters. The maximum Gasteiger partial charge on any atom is 0.221 e. The van der Waals surface area contributed by atoms with Crippen molar-refractivity contribution in [3.8, 4) is 6.07 Å². The van der Waals surface area contributed by atoms with E-state index in [1.165, 1.54) is 14.0 Å². The highest BCUT2D eigenvalue weighted by Crippen LogP contribution is 2.28. The molecule has 0 heterocycles. The summed E-state index contributed by atoms with van der Waals surface area (Å²) in [6.07, 6.45) is 0. The summed E-state index contributed by atoms with van der Waals surface area (Å²) in [4.78, 5) is 11.0. The molecular formula is C11H11ClN2O2. The van der Waals surface area contributed by atoms with Gasteiger partial charge in [-0.25, -0.2) is 0 Å². The zero-order valence-corrected chi connectivity index (χ0v) is 9.76. The van der Waals surface area contributed by atoms with Crippen molar-refractivity contribution in [2.24, 2.45) is 0 Å². The van der Waals surface area contributed by atoms with Gasteiger partial charge in [0.25, 0.3) is 0 Å². The average molecular weight is 239 g/mol. The predicted octanol–water partition coefficient (Wildman–Crippen LogP) is 2.32. The van der Waals surface area contributed by atoms with E-state index >= 15 is 0 Å². The lowest BCUT2D eigenvalue weighted by Gasteiger charge is -2.12. The number of hydrogen-bond donors (Lipinski definition) is 1. The Morgan fingerprint density at radius 1 is 1.62 bits per heavy atom. The molecule has 0 radical (unpaired) electrons. The van der Waals surface area contributed by atoms with E-state index in [0.29, 0.717) is 17.3 Å². The quantitative estimate of drug-likeness (QED) is 0.879. The number of nitriles is 1. The summed E-state index contributed by atoms with van der Waals surface area (Å²) >= 11 is 5.87. The maximum atomic E-state index is 11.0. The van der Waals surface area contributed by atoms with E-state index in [1.54, 1.807) is 12.1 Å². The van der Waals surface area contributed by atoms with Crippen LogP contribution < -0.4 is 5.32 Å². The van der Waals surface area contributed by atoms with E-state index in [2.05, 4.69) is 5.32 Å². The first kappa shape index (κ1) is 12.5. The minimum atomic E-state index is -0.254. The second kappa shape index (κ2) is 5.50. The number of hydrogen-bond acceptors (Lipinski definition) is 3. The summed E-state index contributed by atoms with van der Waals surface area (Å²) in [6, 6.07) is 5.30. The van der Waals surface area contributed by atoms with Gasteiger partial charge < -0.3 is 10.1 Å². The highest BCUT2D eigenvalue weighted by Gasteiger charge is 2.13. The summed E-state index contributed by atoms with van der Waals surface area (Å²) < 4.78 is 4.99. The SMILES string of the molecule is COCc1ccc(Cl)c(C#N)c1NC(C)=O. The van der Waals surface area contributed by atoms with Crippen molar-refractivity contribution in [2.45, 2.75) is 13.5 Å². The number of halogens is 1. The van der Waals surface area contributed by atoms with Gasteiger partial charge in [-0.1, -0.05) is 17.7 Å². The van der Waals surface area contributed by atoms with Crippen molar-refractivity contribution in [3.05, 3.63) is 28.3 Å². The van der Waals surface area contributed by atoms with E-state index in [0.717, 1.165) is 5.56 Å². The van der Waals surface area contributed by atoms with Crippen LogP contribution in [0.4, 0.5) is 5.69 Å². The normalized spacial score (nSPS) is 9.62. The Bertz CT molecular complexity index is 452. The third-order valence-corrected chi connectivity index (χ3v) is 2.27. The molecule has 1 aromatic rings. The number of ether oxygens (including phenoxy) is 1. The summed E-state index contributed by atoms with van der Waals surface area (Å²) in [6.45, 7) is 1.68. The fourth-order valence-electron chi connectivity index (χ4n) is 1.32. The van der Waals surface area contributed by atoms with Crippen LogP contribution in [0.1, 0.15) is 18.1 Å². The van der Waals surface area contributed by atoms with E-state index in [9.17, 15) is 4.79 Å². The standard InChI is InChI=1S/C11H11ClN2O2/c1-7(15)14-11-8(6-16-2)3-4-10(12)9(11)5-13/h3-4H,6H2,1-2H3,(H,14,15). The van der Waals surface area contributed by atoms with Crippen molar-refractivity contribution >= 4 is 23.2 Å². The number of carbonyl (C=O) groups excluding carboxylic acids is 1. The first-order valence-electron chi connectivity index (χ1n) is 4.58. The van der Waals surface area contributed by atoms with E-state index in [1.807, 2.05) is 6.07 Å². The summed E-state index contributed by atoms with van der Waals surface area (Å²) in [5.74, 6) is -0.254. The molecule has 0 saturated heterocycles. The molecule has 0 unspecified atom stereocenters. The fraction of sp³-hybridized carbons (Fsp3) is 0.273. The average Bonchev–Trinajstić information content (AvgIpc) is 2.22. The third kappa shape index (κ3) is 2.72. The Balaban J connectivity index is 3.30. The van der Waals surface area contributed by atoms with Crippen molar-refractivity contribution in [1.29, 1.82) is 5.26 Å². The lowest BCUT2D eigenvalue weighted by atomic mass is 10.1. The van der Waals surface area contributed by atoms with E-state index in [4.69, 9.17) is 21.6 Å². The molecule has 5 heteroatoms. The molecular weight excluding hydrogens is 228 g/mol. The van der Waals surface area contributed by atoms with Crippen molar-refractivity contribution in [3.63, 3.8) is 0 Å². The fourth-order valence-corrected chi connectivity index (χ4v) is 1.52. The Morgan fingerprint density at radius 3 is 2.81 bits per heavy atom. The second-order valence-corrected chi connectivity index (χ2v) is 3.59. The van der Waals surface area contributed by atoms with Crippen LogP contribution in [0.5, 0.6) is 0 Å². The molecule has 4 nitrogen and oxygen atoms in total. The van der Waals surface area contributed by atoms with E-state index in [-0.39, 0.29) is 11.5 Å². The molecule has 1 aromatic carbocycles. The van der Waals surface area contributed by atoms with Crippen LogP contribution in [-0.2, 0) is 16.1 Å². The topological polar surface area (TPSA) is 62.1 Å². The lowest BCUT2D eigenvalue weighted by molar-refractivity contribution is -0.114. The third-order valence-electron chi connectivity index (χ3n) is 1.95. The second-order valence-electron chi connectivity index (χ2n) is 3.18. The maximum absolute atomic E-state index is 11.0. The first-order valence-corrected chi connectivity index (χ1v) is 4.96. The number of nitrogens with one attached hydrogen (secondary N) is 1. The van der Waals surface area contributed by atoms with Gasteiger partial charge in [0, 0.05) is 19.6 Å². The Hall–Kier alpha value is -1.57. The van der Waals surface area contributed by atoms with Gasteiger partial charge in [-0.2, -0.15) is 5.26 Å². The van der Waals surface area contributed by atoms with Crippen LogP contribution in [0.3, 0.4) is 0 Å². The lowest BCUT2D eigenvalue weighted by Crippen LogP contribution is -2.10. The van der Waals surface area contributed by atoms with Crippen LogP contribution in [0, 0.1) is 11.3 Å². The molecule has 1 N–H and O–H groups in total. The number of amides is 1. The predicted molar refractivity (Wildman–Crippen MR) is 61.2 cm³/mol. The van der Waals surface area contributed by atoms with Gasteiger partial charge in [0.1, 0.15) is 6.07 Å². The van der Waals surface area contributed by atoms with Crippen molar-refractivity contribution in [1.82, 2.24) is 0 Å². The molecule has 0 aromatic heterocycles. The largest absolute Gasteiger partial charge is 0.380 e. The molecule has 0 saturated carbocycles. The molecule has 0 fully saturated rings. The van der Waals surface area contributed by atoms with Crippen LogP contribution in [-0.4, -0.2) is 13.0 Å². The molecule has 0 spiro atoms. The van der Waals surface area contributed by atoms with Gasteiger partial charge in [-0.05, 0) is 6.07 Å². The highest BCUT2D eigenvalue weighted by atomic mass is 35.5. The Morgan fingerprint density at radius 2 is 2.31 bits per heavy atom. The van der Waals surface area contributed by atoms with Gasteiger partial charge in [-0.15, -0.1) is 0 Å². The van der Waals surface area contributed by atoms with Gasteiger partial charge in [0.2, 0.25) is 5.91 Å². The number of nitrogens with zero attached hydrogens (tertiary/aromatic N) is 1. The van der Waals surface area contributed by atoms with Crippen LogP contribution >= 0.6 is 11.6 Å². The van der Waals surface area contributed by atoms with Gasteiger partial charge in [-0.3, -0.25) is 4.79 Å². The number of methoxy groups -OCH3 is 1. The molecule has 0 bridgehead atoms. The first-order chi connectivity index (χ1) is 7.60. The van der Waals surface area contributed by atoms with Gasteiger partial charge >= 0.3 is 0 Å². The van der Waals surface area contributed by atoms with Crippen LogP contribution in [0.2, 0.25) is 5.02 Å². The highest BCUT2D eigenvalue weighted by molar-refractivity contribution is 6.32. The summed E-state index contributed by atoms with van der Waals surface area (Å²) in [7, 11) is 1.54. The number of benzene rings is 1. The molecule has 0 aliphatic rings. The smallest absolute Gasteiger partial charge is 0.221 e. The summed E-state index contributed by atoms with van der Waals surface area (Å²) in [5.41, 5.74) is 1.40. The number of carbonyl (C=O) groups is 1. The minimum absolute atomic E-state index is 0.254.